The minimum atomic E-state index is 0.171. The van der Waals surface area contributed by atoms with Crippen molar-refractivity contribution in [3.63, 3.8) is 0 Å². The molecule has 0 saturated carbocycles. The topological polar surface area (TPSA) is 37.0 Å². The Kier molecular flexibility index (Phi) is 4.07. The highest BCUT2D eigenvalue weighted by Gasteiger charge is 2.07. The summed E-state index contributed by atoms with van der Waals surface area (Å²) in [6, 6.07) is 13.3. The van der Waals surface area contributed by atoms with Crippen molar-refractivity contribution >= 4 is 5.90 Å². The average molecular weight is 241 g/mol. The SMILES string of the molecule is CCC[n+]1cccc(OC(=N)c2ccccc2)c1. The van der Waals surface area contributed by atoms with Crippen LogP contribution in [0.15, 0.2) is 54.9 Å². The van der Waals surface area contributed by atoms with Crippen LogP contribution in [0.3, 0.4) is 0 Å². The minimum absolute atomic E-state index is 0.171. The first-order valence-corrected chi connectivity index (χ1v) is 6.10. The van der Waals surface area contributed by atoms with E-state index in [9.17, 15) is 0 Å². The molecule has 0 saturated heterocycles. The number of pyridine rings is 1. The Morgan fingerprint density at radius 2 is 1.94 bits per heavy atom. The number of hydrogen-bond acceptors (Lipinski definition) is 2. The molecule has 0 radical (unpaired) electrons. The van der Waals surface area contributed by atoms with E-state index in [4.69, 9.17) is 10.1 Å². The fourth-order valence-corrected chi connectivity index (χ4v) is 1.72. The lowest BCUT2D eigenvalue weighted by Crippen LogP contribution is -2.32. The van der Waals surface area contributed by atoms with Crippen LogP contribution in [0.5, 0.6) is 5.75 Å². The molecule has 0 bridgehead atoms. The summed E-state index contributed by atoms with van der Waals surface area (Å²) in [5.74, 6) is 0.865. The molecular formula is C15H17N2O+. The Labute approximate surface area is 107 Å². The number of aryl methyl sites for hydroxylation is 1. The molecule has 1 aromatic carbocycles. The molecule has 3 heteroatoms. The van der Waals surface area contributed by atoms with E-state index in [1.807, 2.05) is 54.9 Å². The molecule has 0 aliphatic heterocycles. The maximum atomic E-state index is 7.91. The van der Waals surface area contributed by atoms with Crippen molar-refractivity contribution in [2.45, 2.75) is 19.9 Å². The normalized spacial score (nSPS) is 10.1. The highest BCUT2D eigenvalue weighted by Crippen LogP contribution is 2.09. The zero-order chi connectivity index (χ0) is 12.8. The van der Waals surface area contributed by atoms with Gasteiger partial charge in [0, 0.05) is 18.1 Å². The molecule has 0 fully saturated rings. The van der Waals surface area contributed by atoms with Gasteiger partial charge in [-0.3, -0.25) is 5.41 Å². The third-order valence-electron chi connectivity index (χ3n) is 2.57. The van der Waals surface area contributed by atoms with Crippen molar-refractivity contribution in [3.05, 3.63) is 60.4 Å². The molecule has 3 nitrogen and oxygen atoms in total. The van der Waals surface area contributed by atoms with Gasteiger partial charge in [-0.25, -0.2) is 4.57 Å². The maximum absolute atomic E-state index is 7.91. The predicted octanol–water partition coefficient (Wildman–Crippen LogP) is 2.79. The molecule has 0 atom stereocenters. The second-order valence-corrected chi connectivity index (χ2v) is 4.07. The predicted molar refractivity (Wildman–Crippen MR) is 70.8 cm³/mol. The van der Waals surface area contributed by atoms with Gasteiger partial charge < -0.3 is 4.74 Å². The van der Waals surface area contributed by atoms with E-state index < -0.39 is 0 Å². The van der Waals surface area contributed by atoms with Crippen molar-refractivity contribution in [2.75, 3.05) is 0 Å². The first kappa shape index (κ1) is 12.3. The van der Waals surface area contributed by atoms with Crippen LogP contribution in [0, 0.1) is 5.41 Å². The smallest absolute Gasteiger partial charge is 0.219 e. The van der Waals surface area contributed by atoms with Crippen molar-refractivity contribution in [1.82, 2.24) is 0 Å². The van der Waals surface area contributed by atoms with Gasteiger partial charge in [0.15, 0.2) is 11.9 Å². The van der Waals surface area contributed by atoms with Crippen LogP contribution in [-0.4, -0.2) is 5.90 Å². The van der Waals surface area contributed by atoms with Crippen LogP contribution >= 0.6 is 0 Å². The molecule has 0 unspecified atom stereocenters. The van der Waals surface area contributed by atoms with Crippen LogP contribution in [0.4, 0.5) is 0 Å². The first-order chi connectivity index (χ1) is 8.79. The van der Waals surface area contributed by atoms with Crippen molar-refractivity contribution in [2.24, 2.45) is 0 Å². The Morgan fingerprint density at radius 3 is 2.67 bits per heavy atom. The number of nitrogens with one attached hydrogen (secondary N) is 1. The van der Waals surface area contributed by atoms with Gasteiger partial charge in [-0.2, -0.15) is 0 Å². The second kappa shape index (κ2) is 5.96. The van der Waals surface area contributed by atoms with Gasteiger partial charge in [0.05, 0.1) is 0 Å². The standard InChI is InChI=1S/C15H17N2O/c1-2-10-17-11-6-9-14(12-17)18-15(16)13-7-4-3-5-8-13/h3-9,11-12,16H,2,10H2,1H3/q+1. The number of rotatable bonds is 4. The molecule has 0 aliphatic carbocycles. The van der Waals surface area contributed by atoms with Crippen LogP contribution in [0.25, 0.3) is 0 Å². The lowest BCUT2D eigenvalue weighted by molar-refractivity contribution is -0.697. The summed E-state index contributed by atoms with van der Waals surface area (Å²) in [6.07, 6.45) is 4.99. The Balaban J connectivity index is 2.10. The largest absolute Gasteiger partial charge is 0.433 e. The van der Waals surface area contributed by atoms with Crippen molar-refractivity contribution in [3.8, 4) is 5.75 Å². The van der Waals surface area contributed by atoms with E-state index in [-0.39, 0.29) is 5.90 Å². The minimum Gasteiger partial charge on any atom is -0.433 e. The van der Waals surface area contributed by atoms with E-state index in [2.05, 4.69) is 11.5 Å². The molecule has 2 aromatic rings. The van der Waals surface area contributed by atoms with Gasteiger partial charge in [-0.15, -0.1) is 0 Å². The molecule has 0 aliphatic rings. The summed E-state index contributed by atoms with van der Waals surface area (Å²) < 4.78 is 7.61. The number of benzene rings is 1. The van der Waals surface area contributed by atoms with E-state index >= 15 is 0 Å². The Morgan fingerprint density at radius 1 is 1.17 bits per heavy atom. The van der Waals surface area contributed by atoms with Gasteiger partial charge >= 0.3 is 0 Å². The monoisotopic (exact) mass is 241 g/mol. The van der Waals surface area contributed by atoms with Gasteiger partial charge in [0.25, 0.3) is 0 Å². The zero-order valence-electron chi connectivity index (χ0n) is 10.5. The van der Waals surface area contributed by atoms with E-state index in [0.717, 1.165) is 18.5 Å². The van der Waals surface area contributed by atoms with Crippen LogP contribution < -0.4 is 9.30 Å². The summed E-state index contributed by atoms with van der Waals surface area (Å²) in [6.45, 7) is 3.09. The van der Waals surface area contributed by atoms with E-state index in [1.54, 1.807) is 0 Å². The van der Waals surface area contributed by atoms with Crippen molar-refractivity contribution in [1.29, 1.82) is 5.41 Å². The van der Waals surface area contributed by atoms with Gasteiger partial charge in [0.2, 0.25) is 12.1 Å². The molecule has 1 aromatic heterocycles. The number of ether oxygens (including phenoxy) is 1. The molecule has 2 rings (SSSR count). The maximum Gasteiger partial charge on any atom is 0.219 e. The van der Waals surface area contributed by atoms with E-state index in [1.165, 1.54) is 0 Å². The number of nitrogens with zero attached hydrogens (tertiary/aromatic N) is 1. The van der Waals surface area contributed by atoms with Gasteiger partial charge in [0.1, 0.15) is 6.54 Å². The third kappa shape index (κ3) is 3.17. The highest BCUT2D eigenvalue weighted by molar-refractivity contribution is 5.92. The summed E-state index contributed by atoms with van der Waals surface area (Å²) in [5, 5.41) is 7.91. The molecule has 0 amide bonds. The second-order valence-electron chi connectivity index (χ2n) is 4.07. The molecular weight excluding hydrogens is 224 g/mol. The summed E-state index contributed by atoms with van der Waals surface area (Å²) in [5.41, 5.74) is 0.781. The molecule has 92 valence electrons. The zero-order valence-corrected chi connectivity index (χ0v) is 10.5. The quantitative estimate of drug-likeness (QED) is 0.499. The van der Waals surface area contributed by atoms with E-state index in [0.29, 0.717) is 5.75 Å². The lowest BCUT2D eigenvalue weighted by Gasteiger charge is -2.05. The van der Waals surface area contributed by atoms with Crippen molar-refractivity contribution < 1.29 is 9.30 Å². The molecule has 1 N–H and O–H groups in total. The highest BCUT2D eigenvalue weighted by atomic mass is 16.5. The lowest BCUT2D eigenvalue weighted by atomic mass is 10.2. The van der Waals surface area contributed by atoms with Crippen LogP contribution in [-0.2, 0) is 6.54 Å². The Bertz CT molecular complexity index is 523. The first-order valence-electron chi connectivity index (χ1n) is 6.10. The van der Waals surface area contributed by atoms with Crippen LogP contribution in [0.1, 0.15) is 18.9 Å². The Hall–Kier alpha value is -2.16. The molecule has 18 heavy (non-hydrogen) atoms. The fourth-order valence-electron chi connectivity index (χ4n) is 1.72. The number of aromatic nitrogens is 1. The summed E-state index contributed by atoms with van der Waals surface area (Å²) in [4.78, 5) is 0. The van der Waals surface area contributed by atoms with Gasteiger partial charge in [-0.05, 0) is 18.2 Å². The fraction of sp³-hybridized carbons (Fsp3) is 0.200. The number of hydrogen-bond donors (Lipinski definition) is 1. The summed E-state index contributed by atoms with van der Waals surface area (Å²) >= 11 is 0. The van der Waals surface area contributed by atoms with Crippen LogP contribution in [0.2, 0.25) is 0 Å². The summed E-state index contributed by atoms with van der Waals surface area (Å²) in [7, 11) is 0. The van der Waals surface area contributed by atoms with Gasteiger partial charge in [-0.1, -0.05) is 25.1 Å². The third-order valence-corrected chi connectivity index (χ3v) is 2.57. The molecule has 0 spiro atoms. The molecule has 1 heterocycles. The average Bonchev–Trinajstić information content (AvgIpc) is 2.40.